The van der Waals surface area contributed by atoms with Crippen LogP contribution in [0.1, 0.15) is 28.9 Å². The number of aryl methyl sites for hydroxylation is 2. The average molecular weight is 223 g/mol. The Labute approximate surface area is 94.7 Å². The molecule has 5 heteroatoms. The second-order valence-electron chi connectivity index (χ2n) is 4.28. The highest BCUT2D eigenvalue weighted by atomic mass is 16.3. The molecule has 2 rings (SSSR count). The summed E-state index contributed by atoms with van der Waals surface area (Å²) in [7, 11) is 1.85. The SMILES string of the molecule is Cc1nn(C)c(N2CCC(O)CC2)c1C=O. The number of aldehydes is 1. The first-order chi connectivity index (χ1) is 7.63. The third kappa shape index (κ3) is 1.82. The molecule has 5 nitrogen and oxygen atoms in total. The maximum atomic E-state index is 11.0. The van der Waals surface area contributed by atoms with Crippen LogP contribution in [0.4, 0.5) is 5.82 Å². The van der Waals surface area contributed by atoms with Gasteiger partial charge in [-0.2, -0.15) is 5.10 Å². The van der Waals surface area contributed by atoms with Gasteiger partial charge < -0.3 is 10.0 Å². The van der Waals surface area contributed by atoms with Gasteiger partial charge in [0.1, 0.15) is 5.82 Å². The van der Waals surface area contributed by atoms with Crippen LogP contribution in [0.2, 0.25) is 0 Å². The van der Waals surface area contributed by atoms with E-state index in [0.29, 0.717) is 5.56 Å². The molecule has 0 aliphatic carbocycles. The molecule has 1 aromatic rings. The van der Waals surface area contributed by atoms with E-state index < -0.39 is 0 Å². The minimum atomic E-state index is -0.203. The number of hydrogen-bond acceptors (Lipinski definition) is 4. The monoisotopic (exact) mass is 223 g/mol. The van der Waals surface area contributed by atoms with E-state index in [0.717, 1.165) is 43.7 Å². The van der Waals surface area contributed by atoms with Crippen LogP contribution < -0.4 is 4.90 Å². The number of anilines is 1. The summed E-state index contributed by atoms with van der Waals surface area (Å²) in [4.78, 5) is 13.2. The topological polar surface area (TPSA) is 58.4 Å². The van der Waals surface area contributed by atoms with Crippen LogP contribution in [0, 0.1) is 6.92 Å². The molecule has 0 amide bonds. The Morgan fingerprint density at radius 3 is 2.62 bits per heavy atom. The van der Waals surface area contributed by atoms with E-state index in [1.165, 1.54) is 0 Å². The molecule has 1 saturated heterocycles. The number of nitrogens with zero attached hydrogens (tertiary/aromatic N) is 3. The Morgan fingerprint density at radius 1 is 1.44 bits per heavy atom. The third-order valence-electron chi connectivity index (χ3n) is 3.12. The van der Waals surface area contributed by atoms with Crippen molar-refractivity contribution < 1.29 is 9.90 Å². The number of carbonyl (C=O) groups is 1. The van der Waals surface area contributed by atoms with E-state index in [1.54, 1.807) is 4.68 Å². The minimum absolute atomic E-state index is 0.203. The zero-order valence-electron chi connectivity index (χ0n) is 9.68. The summed E-state index contributed by atoms with van der Waals surface area (Å²) < 4.78 is 1.75. The molecule has 2 heterocycles. The summed E-state index contributed by atoms with van der Waals surface area (Å²) in [5.74, 6) is 0.874. The van der Waals surface area contributed by atoms with Crippen LogP contribution in [-0.4, -0.2) is 40.4 Å². The first-order valence-electron chi connectivity index (χ1n) is 5.55. The lowest BCUT2D eigenvalue weighted by atomic mass is 10.1. The van der Waals surface area contributed by atoms with E-state index >= 15 is 0 Å². The van der Waals surface area contributed by atoms with Crippen molar-refractivity contribution in [2.24, 2.45) is 7.05 Å². The predicted molar refractivity (Wildman–Crippen MR) is 60.8 cm³/mol. The molecule has 0 aromatic carbocycles. The fraction of sp³-hybridized carbons (Fsp3) is 0.636. The van der Waals surface area contributed by atoms with Crippen molar-refractivity contribution in [2.75, 3.05) is 18.0 Å². The van der Waals surface area contributed by atoms with Crippen molar-refractivity contribution in [3.05, 3.63) is 11.3 Å². The number of piperidine rings is 1. The zero-order valence-corrected chi connectivity index (χ0v) is 9.68. The zero-order chi connectivity index (χ0) is 11.7. The van der Waals surface area contributed by atoms with E-state index in [-0.39, 0.29) is 6.10 Å². The Kier molecular flexibility index (Phi) is 2.96. The number of aliphatic hydroxyl groups excluding tert-OH is 1. The van der Waals surface area contributed by atoms with E-state index in [4.69, 9.17) is 0 Å². The normalized spacial score (nSPS) is 17.8. The predicted octanol–water partition coefficient (Wildman–Crippen LogP) is 0.502. The van der Waals surface area contributed by atoms with E-state index in [9.17, 15) is 9.90 Å². The van der Waals surface area contributed by atoms with Gasteiger partial charge in [-0.25, -0.2) is 0 Å². The van der Waals surface area contributed by atoms with Crippen LogP contribution in [-0.2, 0) is 7.05 Å². The standard InChI is InChI=1S/C11H17N3O2/c1-8-10(7-15)11(13(2)12-8)14-5-3-9(16)4-6-14/h7,9,16H,3-6H2,1-2H3. The Bertz CT molecular complexity index is 392. The maximum absolute atomic E-state index is 11.0. The fourth-order valence-corrected chi connectivity index (χ4v) is 2.25. The molecule has 1 aliphatic rings. The van der Waals surface area contributed by atoms with Crippen molar-refractivity contribution in [1.82, 2.24) is 9.78 Å². The van der Waals surface area contributed by atoms with Crippen LogP contribution in [0.15, 0.2) is 0 Å². The molecule has 0 unspecified atom stereocenters. The Hall–Kier alpha value is -1.36. The first-order valence-corrected chi connectivity index (χ1v) is 5.55. The van der Waals surface area contributed by atoms with Gasteiger partial charge >= 0.3 is 0 Å². The molecule has 0 radical (unpaired) electrons. The highest BCUT2D eigenvalue weighted by Gasteiger charge is 2.23. The minimum Gasteiger partial charge on any atom is -0.393 e. The van der Waals surface area contributed by atoms with Crippen LogP contribution >= 0.6 is 0 Å². The second-order valence-corrected chi connectivity index (χ2v) is 4.28. The highest BCUT2D eigenvalue weighted by Crippen LogP contribution is 2.24. The molecule has 1 aliphatic heterocycles. The van der Waals surface area contributed by atoms with Gasteiger partial charge in [0, 0.05) is 20.1 Å². The van der Waals surface area contributed by atoms with Gasteiger partial charge in [0.05, 0.1) is 17.4 Å². The van der Waals surface area contributed by atoms with Crippen molar-refractivity contribution in [3.8, 4) is 0 Å². The molecule has 0 saturated carbocycles. The quantitative estimate of drug-likeness (QED) is 0.742. The summed E-state index contributed by atoms with van der Waals surface area (Å²) in [5, 5.41) is 13.7. The molecular formula is C11H17N3O2. The van der Waals surface area contributed by atoms with Crippen molar-refractivity contribution >= 4 is 12.1 Å². The smallest absolute Gasteiger partial charge is 0.155 e. The number of carbonyl (C=O) groups excluding carboxylic acids is 1. The summed E-state index contributed by atoms with van der Waals surface area (Å²) in [6.07, 6.45) is 2.17. The van der Waals surface area contributed by atoms with Gasteiger partial charge in [-0.1, -0.05) is 0 Å². The summed E-state index contributed by atoms with van der Waals surface area (Å²) >= 11 is 0. The molecule has 0 spiro atoms. The fourth-order valence-electron chi connectivity index (χ4n) is 2.25. The highest BCUT2D eigenvalue weighted by molar-refractivity contribution is 5.84. The van der Waals surface area contributed by atoms with Crippen LogP contribution in [0.25, 0.3) is 0 Å². The van der Waals surface area contributed by atoms with Crippen molar-refractivity contribution in [2.45, 2.75) is 25.9 Å². The third-order valence-corrected chi connectivity index (χ3v) is 3.12. The average Bonchev–Trinajstić information content (AvgIpc) is 2.54. The first kappa shape index (κ1) is 11.1. The molecule has 1 aromatic heterocycles. The van der Waals surface area contributed by atoms with Crippen molar-refractivity contribution in [1.29, 1.82) is 0 Å². The van der Waals surface area contributed by atoms with Crippen LogP contribution in [0.3, 0.4) is 0 Å². The summed E-state index contributed by atoms with van der Waals surface area (Å²) in [5.41, 5.74) is 1.43. The van der Waals surface area contributed by atoms with Gasteiger partial charge in [-0.15, -0.1) is 0 Å². The Balaban J connectivity index is 2.29. The summed E-state index contributed by atoms with van der Waals surface area (Å²) in [6.45, 7) is 3.40. The molecule has 16 heavy (non-hydrogen) atoms. The van der Waals surface area contributed by atoms with E-state index in [2.05, 4.69) is 10.00 Å². The van der Waals surface area contributed by atoms with Crippen molar-refractivity contribution in [3.63, 3.8) is 0 Å². The lowest BCUT2D eigenvalue weighted by molar-refractivity contribution is 0.112. The Morgan fingerprint density at radius 2 is 2.06 bits per heavy atom. The second kappa shape index (κ2) is 4.25. The van der Waals surface area contributed by atoms with E-state index in [1.807, 2.05) is 14.0 Å². The molecule has 1 N–H and O–H groups in total. The largest absolute Gasteiger partial charge is 0.393 e. The number of aliphatic hydroxyl groups is 1. The number of hydrogen-bond donors (Lipinski definition) is 1. The molecule has 0 atom stereocenters. The maximum Gasteiger partial charge on any atom is 0.155 e. The van der Waals surface area contributed by atoms with Gasteiger partial charge in [0.15, 0.2) is 6.29 Å². The number of aromatic nitrogens is 2. The lowest BCUT2D eigenvalue weighted by Gasteiger charge is -2.31. The van der Waals surface area contributed by atoms with Gasteiger partial charge in [-0.3, -0.25) is 9.48 Å². The van der Waals surface area contributed by atoms with Gasteiger partial charge in [0.25, 0.3) is 0 Å². The van der Waals surface area contributed by atoms with Gasteiger partial charge in [-0.05, 0) is 19.8 Å². The molecule has 88 valence electrons. The molecular weight excluding hydrogens is 206 g/mol. The molecule has 1 fully saturated rings. The molecule has 0 bridgehead atoms. The number of rotatable bonds is 2. The lowest BCUT2D eigenvalue weighted by Crippen LogP contribution is -2.37. The van der Waals surface area contributed by atoms with Gasteiger partial charge in [0.2, 0.25) is 0 Å². The van der Waals surface area contributed by atoms with Crippen LogP contribution in [0.5, 0.6) is 0 Å². The summed E-state index contributed by atoms with van der Waals surface area (Å²) in [6, 6.07) is 0.